The van der Waals surface area contributed by atoms with Gasteiger partial charge in [0.15, 0.2) is 6.10 Å². The van der Waals surface area contributed by atoms with Crippen LogP contribution >= 0.6 is 27.5 Å². The Morgan fingerprint density at radius 1 is 0.942 bits per heavy atom. The number of aryl methyl sites for hydroxylation is 1. The van der Waals surface area contributed by atoms with Crippen molar-refractivity contribution in [2.24, 2.45) is 17.8 Å². The van der Waals surface area contributed by atoms with Gasteiger partial charge in [0.05, 0.1) is 39.3 Å². The van der Waals surface area contributed by atoms with Crippen LogP contribution in [0.25, 0.3) is 22.2 Å². The van der Waals surface area contributed by atoms with E-state index in [0.717, 1.165) is 24.8 Å². The van der Waals surface area contributed by atoms with Crippen molar-refractivity contribution in [3.8, 4) is 17.0 Å². The number of nitrogens with zero attached hydrogens (tertiary/aromatic N) is 2. The first-order valence-corrected chi connectivity index (χ1v) is 18.5. The van der Waals surface area contributed by atoms with E-state index < -0.39 is 12.1 Å². The maximum Gasteiger partial charge on any atom is 0.339 e. The number of carbonyl (C=O) groups is 4. The number of hydrogen-bond acceptors (Lipinski definition) is 7. The number of benzene rings is 4. The number of Topliss-reactive ketones (excluding diaryl/α,β-unsaturated/α-hetero) is 1. The van der Waals surface area contributed by atoms with E-state index in [-0.39, 0.29) is 35.0 Å². The summed E-state index contributed by atoms with van der Waals surface area (Å²) >= 11 is 10.1. The third-order valence-corrected chi connectivity index (χ3v) is 11.4. The van der Waals surface area contributed by atoms with Gasteiger partial charge in [0.2, 0.25) is 17.6 Å². The summed E-state index contributed by atoms with van der Waals surface area (Å²) in [5.41, 5.74) is 4.38. The number of amides is 2. The Bertz CT molecular complexity index is 2210. The first kappa shape index (κ1) is 35.5. The number of halogens is 2. The molecule has 2 amide bonds. The lowest BCUT2D eigenvalue weighted by Crippen LogP contribution is -2.30. The highest BCUT2D eigenvalue weighted by atomic mass is 79.9. The van der Waals surface area contributed by atoms with E-state index in [1.165, 1.54) is 4.90 Å². The highest BCUT2D eigenvalue weighted by molar-refractivity contribution is 9.10. The molecule has 0 spiro atoms. The molecule has 4 aromatic carbocycles. The van der Waals surface area contributed by atoms with Gasteiger partial charge in [0.25, 0.3) is 0 Å². The SMILES string of the molecule is Cc1c(Cl)c(Br)cc2c(C(=O)OC(C)C(=O)c3ccc(OCc4ccccc4)cc3)cc(-c3ccc(N4C(=O)C5CCC(C)CC5C4=O)cc3)nc12. The number of ether oxygens (including phenoxy) is 2. The molecular formula is C42H36BrClN2O6. The third-order valence-electron chi connectivity index (χ3n) is 10.1. The Labute approximate surface area is 315 Å². The summed E-state index contributed by atoms with van der Waals surface area (Å²) in [6.07, 6.45) is 1.30. The van der Waals surface area contributed by atoms with E-state index in [4.69, 9.17) is 26.1 Å². The van der Waals surface area contributed by atoms with Crippen LogP contribution in [-0.2, 0) is 20.9 Å². The Morgan fingerprint density at radius 2 is 1.63 bits per heavy atom. The van der Waals surface area contributed by atoms with Gasteiger partial charge in [-0.15, -0.1) is 0 Å². The molecule has 7 rings (SSSR count). The van der Waals surface area contributed by atoms with Crippen molar-refractivity contribution >= 4 is 67.7 Å². The smallest absolute Gasteiger partial charge is 0.339 e. The zero-order valence-electron chi connectivity index (χ0n) is 28.9. The molecule has 4 unspecified atom stereocenters. The fourth-order valence-corrected chi connectivity index (χ4v) is 7.84. The lowest BCUT2D eigenvalue weighted by molar-refractivity contribution is -0.122. The van der Waals surface area contributed by atoms with Gasteiger partial charge >= 0.3 is 5.97 Å². The maximum atomic E-state index is 13.9. The molecule has 1 aliphatic carbocycles. The average molecular weight is 780 g/mol. The van der Waals surface area contributed by atoms with Crippen LogP contribution in [0, 0.1) is 24.7 Å². The zero-order valence-corrected chi connectivity index (χ0v) is 31.2. The van der Waals surface area contributed by atoms with Crippen LogP contribution in [0.2, 0.25) is 5.02 Å². The number of hydrogen-bond donors (Lipinski definition) is 0. The normalized spacial score (nSPS) is 19.0. The van der Waals surface area contributed by atoms with Gasteiger partial charge < -0.3 is 9.47 Å². The average Bonchev–Trinajstić information content (AvgIpc) is 3.40. The van der Waals surface area contributed by atoms with E-state index in [0.29, 0.717) is 66.7 Å². The van der Waals surface area contributed by atoms with Crippen molar-refractivity contribution in [1.82, 2.24) is 4.98 Å². The molecule has 2 heterocycles. The minimum Gasteiger partial charge on any atom is -0.489 e. The molecular weight excluding hydrogens is 744 g/mol. The van der Waals surface area contributed by atoms with E-state index >= 15 is 0 Å². The quantitative estimate of drug-likeness (QED) is 0.0834. The summed E-state index contributed by atoms with van der Waals surface area (Å²) in [4.78, 5) is 60.1. The summed E-state index contributed by atoms with van der Waals surface area (Å²) < 4.78 is 12.2. The lowest BCUT2D eigenvalue weighted by Gasteiger charge is -2.25. The number of ketones is 1. The van der Waals surface area contributed by atoms with Crippen LogP contribution in [0.15, 0.2) is 95.5 Å². The molecule has 264 valence electrons. The first-order valence-electron chi connectivity index (χ1n) is 17.3. The Kier molecular flexibility index (Phi) is 10.0. The van der Waals surface area contributed by atoms with Crippen LogP contribution in [0.1, 0.15) is 65.0 Å². The maximum absolute atomic E-state index is 13.9. The molecule has 8 nitrogen and oxygen atoms in total. The predicted octanol–water partition coefficient (Wildman–Crippen LogP) is 9.56. The summed E-state index contributed by atoms with van der Waals surface area (Å²) in [6.45, 7) is 5.88. The van der Waals surface area contributed by atoms with Crippen molar-refractivity contribution in [3.63, 3.8) is 0 Å². The van der Waals surface area contributed by atoms with Crippen molar-refractivity contribution in [2.45, 2.75) is 52.7 Å². The predicted molar refractivity (Wildman–Crippen MR) is 204 cm³/mol. The number of rotatable bonds is 9. The summed E-state index contributed by atoms with van der Waals surface area (Å²) in [7, 11) is 0. The second-order valence-electron chi connectivity index (χ2n) is 13.6. The molecule has 10 heteroatoms. The highest BCUT2D eigenvalue weighted by Crippen LogP contribution is 2.43. The van der Waals surface area contributed by atoms with Gasteiger partial charge in [0.1, 0.15) is 12.4 Å². The first-order chi connectivity index (χ1) is 25.0. The van der Waals surface area contributed by atoms with E-state index in [1.807, 2.05) is 37.3 Å². The highest BCUT2D eigenvalue weighted by Gasteiger charge is 2.50. The number of fused-ring (bicyclic) bond motifs is 2. The molecule has 0 bridgehead atoms. The fraction of sp³-hybridized carbons (Fsp3) is 0.262. The molecule has 52 heavy (non-hydrogen) atoms. The van der Waals surface area contributed by atoms with Crippen LogP contribution in [0.3, 0.4) is 0 Å². The molecule has 5 aromatic rings. The number of imide groups is 1. The van der Waals surface area contributed by atoms with E-state index in [1.54, 1.807) is 67.6 Å². The van der Waals surface area contributed by atoms with Crippen molar-refractivity contribution in [3.05, 3.63) is 123 Å². The molecule has 0 radical (unpaired) electrons. The Balaban J connectivity index is 1.13. The summed E-state index contributed by atoms with van der Waals surface area (Å²) in [5, 5.41) is 0.956. The van der Waals surface area contributed by atoms with E-state index in [9.17, 15) is 19.2 Å². The van der Waals surface area contributed by atoms with Crippen LogP contribution in [0.5, 0.6) is 5.75 Å². The molecule has 1 aliphatic heterocycles. The molecule has 1 saturated heterocycles. The summed E-state index contributed by atoms with van der Waals surface area (Å²) in [6, 6.07) is 26.9. The second-order valence-corrected chi connectivity index (χ2v) is 14.9. The molecule has 2 aliphatic rings. The Morgan fingerprint density at radius 3 is 2.35 bits per heavy atom. The van der Waals surface area contributed by atoms with Gasteiger partial charge in [-0.1, -0.05) is 61.0 Å². The molecule has 4 atom stereocenters. The number of pyridine rings is 1. The minimum atomic E-state index is -1.09. The monoisotopic (exact) mass is 778 g/mol. The van der Waals surface area contributed by atoms with Gasteiger partial charge in [-0.3, -0.25) is 19.3 Å². The molecule has 0 N–H and O–H groups in total. The lowest BCUT2D eigenvalue weighted by atomic mass is 9.76. The number of aromatic nitrogens is 1. The fourth-order valence-electron chi connectivity index (χ4n) is 7.17. The van der Waals surface area contributed by atoms with Crippen LogP contribution in [-0.4, -0.2) is 34.7 Å². The third kappa shape index (κ3) is 6.87. The number of esters is 1. The Hall–Kier alpha value is -4.86. The van der Waals surface area contributed by atoms with Crippen molar-refractivity contribution in [1.29, 1.82) is 0 Å². The molecule has 2 fully saturated rings. The standard InChI is InChI=1S/C42H36BrClN2O6/c1-23-9-18-31-33(19-23)41(49)46(40(31)48)29-14-10-27(11-15-29)36-21-34(32-20-35(43)37(44)24(2)38(32)45-36)42(50)52-25(3)39(47)28-12-16-30(17-13-28)51-22-26-7-5-4-6-8-26/h4-8,10-17,20-21,23,25,31,33H,9,18-19,22H2,1-3H3. The number of anilines is 1. The second kappa shape index (κ2) is 14.6. The molecule has 1 aromatic heterocycles. The minimum absolute atomic E-state index is 0.143. The zero-order chi connectivity index (χ0) is 36.7. The topological polar surface area (TPSA) is 103 Å². The van der Waals surface area contributed by atoms with Crippen LogP contribution in [0.4, 0.5) is 5.69 Å². The number of carbonyl (C=O) groups excluding carboxylic acids is 4. The summed E-state index contributed by atoms with van der Waals surface area (Å²) in [5.74, 6) is -0.864. The van der Waals surface area contributed by atoms with Crippen molar-refractivity contribution in [2.75, 3.05) is 4.90 Å². The van der Waals surface area contributed by atoms with E-state index in [2.05, 4.69) is 22.9 Å². The van der Waals surface area contributed by atoms with Gasteiger partial charge in [-0.2, -0.15) is 0 Å². The van der Waals surface area contributed by atoms with Gasteiger partial charge in [0, 0.05) is 21.0 Å². The van der Waals surface area contributed by atoms with Gasteiger partial charge in [-0.05, 0) is 115 Å². The van der Waals surface area contributed by atoms with Crippen molar-refractivity contribution < 1.29 is 28.7 Å². The van der Waals surface area contributed by atoms with Crippen LogP contribution < -0.4 is 9.64 Å². The largest absolute Gasteiger partial charge is 0.489 e. The molecule has 1 saturated carbocycles. The van der Waals surface area contributed by atoms with Gasteiger partial charge in [-0.25, -0.2) is 9.78 Å².